The number of fused-ring (bicyclic) bond motifs is 1. The Balaban J connectivity index is 1.27. The van der Waals surface area contributed by atoms with Gasteiger partial charge in [0.15, 0.2) is 5.58 Å². The van der Waals surface area contributed by atoms with Gasteiger partial charge in [-0.25, -0.2) is 4.98 Å². The van der Waals surface area contributed by atoms with Gasteiger partial charge in [0.05, 0.1) is 18.8 Å². The summed E-state index contributed by atoms with van der Waals surface area (Å²) in [5, 5.41) is 18.9. The highest BCUT2D eigenvalue weighted by Crippen LogP contribution is 2.26. The molecule has 0 bridgehead atoms. The molecule has 4 aromatic rings. The van der Waals surface area contributed by atoms with E-state index >= 15 is 0 Å². The third-order valence-electron chi connectivity index (χ3n) is 6.04. The van der Waals surface area contributed by atoms with Gasteiger partial charge in [0.1, 0.15) is 10.8 Å². The van der Waals surface area contributed by atoms with Crippen molar-refractivity contribution in [1.82, 2.24) is 29.9 Å². The topological polar surface area (TPSA) is 113 Å². The predicted octanol–water partition coefficient (Wildman–Crippen LogP) is 3.50. The van der Waals surface area contributed by atoms with Crippen molar-refractivity contribution in [3.05, 3.63) is 53.3 Å². The molecule has 0 spiro atoms. The van der Waals surface area contributed by atoms with Crippen LogP contribution in [0.2, 0.25) is 5.15 Å². The van der Waals surface area contributed by atoms with Crippen LogP contribution in [0.15, 0.2) is 47.0 Å². The van der Waals surface area contributed by atoms with Crippen molar-refractivity contribution in [3.63, 3.8) is 0 Å². The van der Waals surface area contributed by atoms with Crippen molar-refractivity contribution in [2.75, 3.05) is 31.1 Å². The van der Waals surface area contributed by atoms with E-state index in [1.165, 1.54) is 0 Å². The summed E-state index contributed by atoms with van der Waals surface area (Å²) < 4.78 is 7.65. The number of halogens is 1. The zero-order valence-corrected chi connectivity index (χ0v) is 21.2. The van der Waals surface area contributed by atoms with Gasteiger partial charge >= 0.3 is 0 Å². The van der Waals surface area contributed by atoms with Crippen LogP contribution in [0.4, 0.5) is 6.01 Å². The maximum absolute atomic E-state index is 13.3. The zero-order chi connectivity index (χ0) is 25.4. The first-order valence-corrected chi connectivity index (χ1v) is 12.2. The molecule has 36 heavy (non-hydrogen) atoms. The summed E-state index contributed by atoms with van der Waals surface area (Å²) >= 11 is 5.95. The Kier molecular flexibility index (Phi) is 6.40. The number of anilines is 1. The molecule has 4 heterocycles. The summed E-state index contributed by atoms with van der Waals surface area (Å²) in [5.41, 5.74) is 3.25. The number of carbonyl (C=O) groups is 1. The van der Waals surface area contributed by atoms with Crippen LogP contribution < -0.4 is 4.90 Å². The quantitative estimate of drug-likeness (QED) is 0.407. The first-order chi connectivity index (χ1) is 17.2. The van der Waals surface area contributed by atoms with Crippen molar-refractivity contribution in [2.24, 2.45) is 5.41 Å². The number of piperazine rings is 1. The van der Waals surface area contributed by atoms with Crippen LogP contribution in [0.3, 0.4) is 0 Å². The Morgan fingerprint density at radius 2 is 1.92 bits per heavy atom. The van der Waals surface area contributed by atoms with Crippen LogP contribution in [0.5, 0.6) is 0 Å². The molecule has 1 amide bonds. The minimum atomic E-state index is -0.408. The van der Waals surface area contributed by atoms with E-state index in [1.54, 1.807) is 29.2 Å². The van der Waals surface area contributed by atoms with E-state index < -0.39 is 6.04 Å². The smallest absolute Gasteiger partial charge is 0.300 e. The van der Waals surface area contributed by atoms with Gasteiger partial charge in [0, 0.05) is 37.3 Å². The van der Waals surface area contributed by atoms with Crippen molar-refractivity contribution >= 4 is 34.8 Å². The molecule has 0 unspecified atom stereocenters. The number of nitrogens with zero attached hydrogens (tertiary/aromatic N) is 7. The number of pyridine rings is 1. The molecule has 11 heteroatoms. The van der Waals surface area contributed by atoms with Crippen molar-refractivity contribution < 1.29 is 14.3 Å². The summed E-state index contributed by atoms with van der Waals surface area (Å²) in [7, 11) is 0. The van der Waals surface area contributed by atoms with Gasteiger partial charge < -0.3 is 19.3 Å². The minimum Gasteiger partial charge on any atom is -0.422 e. The molecule has 1 saturated heterocycles. The fourth-order valence-corrected chi connectivity index (χ4v) is 4.46. The fourth-order valence-electron chi connectivity index (χ4n) is 4.32. The van der Waals surface area contributed by atoms with E-state index in [9.17, 15) is 9.90 Å². The number of hydrogen-bond donors (Lipinski definition) is 1. The number of oxazole rings is 1. The average molecular weight is 510 g/mol. The van der Waals surface area contributed by atoms with E-state index in [-0.39, 0.29) is 17.9 Å². The van der Waals surface area contributed by atoms with Gasteiger partial charge in [0.25, 0.3) is 11.9 Å². The van der Waals surface area contributed by atoms with E-state index in [1.807, 2.05) is 27.9 Å². The molecule has 0 radical (unpaired) electrons. The van der Waals surface area contributed by atoms with Crippen LogP contribution >= 0.6 is 11.6 Å². The molecule has 1 aromatic carbocycles. The molecule has 3 aromatic heterocycles. The lowest BCUT2D eigenvalue weighted by Crippen LogP contribution is -2.56. The lowest BCUT2D eigenvalue weighted by molar-refractivity contribution is 0.0561. The maximum atomic E-state index is 13.3. The molecular formula is C25H28ClN7O3. The van der Waals surface area contributed by atoms with Gasteiger partial charge in [-0.05, 0) is 29.7 Å². The summed E-state index contributed by atoms with van der Waals surface area (Å²) in [5.74, 6) is -0.136. The van der Waals surface area contributed by atoms with Crippen LogP contribution in [0.25, 0.3) is 22.5 Å². The van der Waals surface area contributed by atoms with E-state index in [2.05, 4.69) is 41.1 Å². The second-order valence-corrected chi connectivity index (χ2v) is 10.6. The van der Waals surface area contributed by atoms with E-state index in [0.29, 0.717) is 47.6 Å². The van der Waals surface area contributed by atoms with Crippen molar-refractivity contribution in [2.45, 2.75) is 33.4 Å². The molecular weight excluding hydrogens is 482 g/mol. The second-order valence-electron chi connectivity index (χ2n) is 10.2. The SMILES string of the molecule is CC(C)(C)Cn1cc(-c2ccc(C(=O)N3CCN(c4nc5nc(Cl)ccc5o4)C[C@@H]3CO)cc2)nn1. The number of hydrogen-bond acceptors (Lipinski definition) is 8. The lowest BCUT2D eigenvalue weighted by Gasteiger charge is -2.40. The number of amides is 1. The van der Waals surface area contributed by atoms with E-state index in [0.717, 1.165) is 17.8 Å². The summed E-state index contributed by atoms with van der Waals surface area (Å²) in [4.78, 5) is 25.5. The van der Waals surface area contributed by atoms with Gasteiger partial charge in [-0.2, -0.15) is 4.98 Å². The Morgan fingerprint density at radius 3 is 2.64 bits per heavy atom. The van der Waals surface area contributed by atoms with Gasteiger partial charge in [-0.1, -0.05) is 49.7 Å². The molecule has 0 aliphatic carbocycles. The summed E-state index contributed by atoms with van der Waals surface area (Å²) in [6.07, 6.45) is 1.92. The number of benzene rings is 1. The third kappa shape index (κ3) is 5.05. The highest BCUT2D eigenvalue weighted by Gasteiger charge is 2.32. The van der Waals surface area contributed by atoms with Crippen LogP contribution in [0, 0.1) is 5.41 Å². The molecule has 188 valence electrons. The first kappa shape index (κ1) is 24.2. The molecule has 5 rings (SSSR count). The molecule has 10 nitrogen and oxygen atoms in total. The number of aliphatic hydroxyl groups excluding tert-OH is 1. The predicted molar refractivity (Wildman–Crippen MR) is 136 cm³/mol. The standard InChI is InChI=1S/C25H28ClN7O3/c1-25(2,3)15-32-13-19(29-30-32)16-4-6-17(7-5-16)23(35)33-11-10-31(12-18(33)14-34)24-28-22-20(36-24)8-9-21(26)27-22/h4-9,13,18,34H,10-12,14-15H2,1-3H3/t18-/m1/s1. The second kappa shape index (κ2) is 9.51. The Bertz CT molecular complexity index is 1380. The van der Waals surface area contributed by atoms with Crippen LogP contribution in [0.1, 0.15) is 31.1 Å². The summed E-state index contributed by atoms with van der Waals surface area (Å²) in [6, 6.07) is 10.7. The highest BCUT2D eigenvalue weighted by atomic mass is 35.5. The molecule has 1 N–H and O–H groups in total. The molecule has 1 aliphatic heterocycles. The van der Waals surface area contributed by atoms with Crippen molar-refractivity contribution in [3.8, 4) is 11.3 Å². The average Bonchev–Trinajstić information content (AvgIpc) is 3.49. The Hall–Kier alpha value is -3.50. The minimum absolute atomic E-state index is 0.0968. The molecule has 1 aliphatic rings. The first-order valence-electron chi connectivity index (χ1n) is 11.8. The normalized spacial score (nSPS) is 16.6. The maximum Gasteiger partial charge on any atom is 0.300 e. The van der Waals surface area contributed by atoms with Gasteiger partial charge in [-0.15, -0.1) is 5.10 Å². The van der Waals surface area contributed by atoms with Gasteiger partial charge in [-0.3, -0.25) is 9.48 Å². The lowest BCUT2D eigenvalue weighted by atomic mass is 9.97. The van der Waals surface area contributed by atoms with Crippen LogP contribution in [-0.4, -0.2) is 73.2 Å². The molecule has 1 atom stereocenters. The number of rotatable bonds is 5. The van der Waals surface area contributed by atoms with Crippen LogP contribution in [-0.2, 0) is 6.54 Å². The monoisotopic (exact) mass is 509 g/mol. The van der Waals surface area contributed by atoms with Gasteiger partial charge in [0.2, 0.25) is 5.65 Å². The molecule has 1 fully saturated rings. The number of aromatic nitrogens is 5. The summed E-state index contributed by atoms with van der Waals surface area (Å²) in [6.45, 7) is 8.34. The molecule has 0 saturated carbocycles. The highest BCUT2D eigenvalue weighted by molar-refractivity contribution is 6.29. The number of aliphatic hydroxyl groups is 1. The van der Waals surface area contributed by atoms with Crippen molar-refractivity contribution in [1.29, 1.82) is 0 Å². The van der Waals surface area contributed by atoms with E-state index in [4.69, 9.17) is 16.0 Å². The largest absolute Gasteiger partial charge is 0.422 e. The fraction of sp³-hybridized carbons (Fsp3) is 0.400. The zero-order valence-electron chi connectivity index (χ0n) is 20.4. The Morgan fingerprint density at radius 1 is 1.14 bits per heavy atom. The number of carbonyl (C=O) groups excluding carboxylic acids is 1. The Labute approximate surface area is 213 Å². The third-order valence-corrected chi connectivity index (χ3v) is 6.25.